The van der Waals surface area contributed by atoms with E-state index in [0.29, 0.717) is 5.56 Å². The number of halogens is 1. The number of hydrogen-bond donors (Lipinski definition) is 0. The standard InChI is InChI=1S/C15H13FN2O3/c1-17-13(19)11(14(20)18(2)15(17)21)8-5-7-10-6-3-4-9-12(10)16/h3-9H,1-2H3/b7-5+. The summed E-state index contributed by atoms with van der Waals surface area (Å²) in [6.07, 6.45) is 4.12. The van der Waals surface area contributed by atoms with Crippen LogP contribution in [0.15, 0.2) is 42.0 Å². The first-order valence-corrected chi connectivity index (χ1v) is 6.16. The Balaban J connectivity index is 2.28. The van der Waals surface area contributed by atoms with Gasteiger partial charge >= 0.3 is 6.03 Å². The molecule has 1 saturated heterocycles. The number of imide groups is 2. The van der Waals surface area contributed by atoms with Gasteiger partial charge in [-0.2, -0.15) is 0 Å². The molecule has 0 atom stereocenters. The Labute approximate surface area is 121 Å². The average Bonchev–Trinajstić information content (AvgIpc) is 2.48. The Kier molecular flexibility index (Phi) is 3.98. The van der Waals surface area contributed by atoms with Gasteiger partial charge in [-0.3, -0.25) is 19.4 Å². The van der Waals surface area contributed by atoms with Crippen molar-refractivity contribution in [2.24, 2.45) is 0 Å². The summed E-state index contributed by atoms with van der Waals surface area (Å²) in [5.74, 6) is -1.76. The monoisotopic (exact) mass is 288 g/mol. The highest BCUT2D eigenvalue weighted by Gasteiger charge is 2.37. The molecule has 5 nitrogen and oxygen atoms in total. The van der Waals surface area contributed by atoms with Gasteiger partial charge in [0, 0.05) is 19.7 Å². The molecule has 108 valence electrons. The lowest BCUT2D eigenvalue weighted by molar-refractivity contribution is -0.134. The molecule has 21 heavy (non-hydrogen) atoms. The molecule has 6 heteroatoms. The van der Waals surface area contributed by atoms with E-state index in [1.54, 1.807) is 18.2 Å². The molecule has 1 aliphatic heterocycles. The number of hydrogen-bond acceptors (Lipinski definition) is 3. The predicted octanol–water partition coefficient (Wildman–Crippen LogP) is 1.82. The zero-order valence-electron chi connectivity index (χ0n) is 11.5. The maximum absolute atomic E-state index is 13.4. The second kappa shape index (κ2) is 5.70. The second-order valence-corrected chi connectivity index (χ2v) is 4.47. The van der Waals surface area contributed by atoms with E-state index in [9.17, 15) is 18.8 Å². The first-order chi connectivity index (χ1) is 9.93. The molecule has 1 aromatic rings. The molecule has 2 rings (SSSR count). The van der Waals surface area contributed by atoms with E-state index in [4.69, 9.17) is 0 Å². The number of amides is 4. The SMILES string of the molecule is CN1C(=O)C(=C/C=C/c2ccccc2F)C(=O)N(C)C1=O. The number of nitrogens with zero attached hydrogens (tertiary/aromatic N) is 2. The molecular formula is C15H13FN2O3. The predicted molar refractivity (Wildman–Crippen MR) is 74.5 cm³/mol. The lowest BCUT2D eigenvalue weighted by atomic mass is 10.1. The van der Waals surface area contributed by atoms with E-state index in [-0.39, 0.29) is 5.57 Å². The first-order valence-electron chi connectivity index (χ1n) is 6.16. The van der Waals surface area contributed by atoms with Crippen molar-refractivity contribution in [3.05, 3.63) is 53.4 Å². The van der Waals surface area contributed by atoms with E-state index in [2.05, 4.69) is 0 Å². The van der Waals surface area contributed by atoms with Crippen LogP contribution in [0.25, 0.3) is 6.08 Å². The minimum Gasteiger partial charge on any atom is -0.268 e. The topological polar surface area (TPSA) is 57.7 Å². The fraction of sp³-hybridized carbons (Fsp3) is 0.133. The van der Waals surface area contributed by atoms with E-state index in [0.717, 1.165) is 9.80 Å². The zero-order chi connectivity index (χ0) is 15.6. The summed E-state index contributed by atoms with van der Waals surface area (Å²) < 4.78 is 13.4. The summed E-state index contributed by atoms with van der Waals surface area (Å²) in [6.45, 7) is 0. The second-order valence-electron chi connectivity index (χ2n) is 4.47. The van der Waals surface area contributed by atoms with Crippen LogP contribution < -0.4 is 0 Å². The minimum absolute atomic E-state index is 0.146. The number of rotatable bonds is 2. The maximum Gasteiger partial charge on any atom is 0.333 e. The van der Waals surface area contributed by atoms with Crippen LogP contribution in [0.2, 0.25) is 0 Å². The summed E-state index contributed by atoms with van der Waals surface area (Å²) in [6, 6.07) is 5.43. The van der Waals surface area contributed by atoms with Gasteiger partial charge in [0.15, 0.2) is 0 Å². The highest BCUT2D eigenvalue weighted by Crippen LogP contribution is 2.15. The maximum atomic E-state index is 13.4. The van der Waals surface area contributed by atoms with Gasteiger partial charge in [-0.05, 0) is 12.1 Å². The van der Waals surface area contributed by atoms with Gasteiger partial charge in [-0.25, -0.2) is 9.18 Å². The number of carbonyl (C=O) groups is 3. The Bertz CT molecular complexity index is 653. The summed E-state index contributed by atoms with van der Waals surface area (Å²) in [7, 11) is 2.59. The number of allylic oxidation sites excluding steroid dienone is 2. The van der Waals surface area contributed by atoms with Crippen molar-refractivity contribution in [2.75, 3.05) is 14.1 Å². The third-order valence-corrected chi connectivity index (χ3v) is 3.09. The summed E-state index contributed by atoms with van der Waals surface area (Å²) in [5, 5.41) is 0. The lowest BCUT2D eigenvalue weighted by Gasteiger charge is -2.28. The normalized spacial score (nSPS) is 16.1. The van der Waals surface area contributed by atoms with Crippen LogP contribution >= 0.6 is 0 Å². The average molecular weight is 288 g/mol. The highest BCUT2D eigenvalue weighted by molar-refractivity contribution is 6.28. The van der Waals surface area contributed by atoms with Gasteiger partial charge in [-0.15, -0.1) is 0 Å². The Morgan fingerprint density at radius 2 is 1.57 bits per heavy atom. The van der Waals surface area contributed by atoms with Crippen molar-refractivity contribution in [1.82, 2.24) is 9.80 Å². The molecule has 1 aliphatic rings. The fourth-order valence-corrected chi connectivity index (χ4v) is 1.85. The van der Waals surface area contributed by atoms with Crippen molar-refractivity contribution >= 4 is 23.9 Å². The van der Waals surface area contributed by atoms with Crippen molar-refractivity contribution in [1.29, 1.82) is 0 Å². The van der Waals surface area contributed by atoms with Gasteiger partial charge in [0.1, 0.15) is 11.4 Å². The largest absolute Gasteiger partial charge is 0.333 e. The van der Waals surface area contributed by atoms with Crippen LogP contribution in [-0.2, 0) is 9.59 Å². The van der Waals surface area contributed by atoms with Crippen molar-refractivity contribution in [2.45, 2.75) is 0 Å². The number of urea groups is 1. The number of benzene rings is 1. The van der Waals surface area contributed by atoms with Crippen molar-refractivity contribution in [3.8, 4) is 0 Å². The third kappa shape index (κ3) is 2.74. The van der Waals surface area contributed by atoms with Crippen molar-refractivity contribution < 1.29 is 18.8 Å². The van der Waals surface area contributed by atoms with Gasteiger partial charge in [0.05, 0.1) is 0 Å². The molecule has 0 bridgehead atoms. The molecule has 1 heterocycles. The summed E-state index contributed by atoms with van der Waals surface area (Å²) >= 11 is 0. The molecular weight excluding hydrogens is 275 g/mol. The van der Waals surface area contributed by atoms with Crippen LogP contribution in [0, 0.1) is 5.82 Å². The highest BCUT2D eigenvalue weighted by atomic mass is 19.1. The number of carbonyl (C=O) groups excluding carboxylic acids is 3. The first kappa shape index (κ1) is 14.6. The van der Waals surface area contributed by atoms with Gasteiger partial charge in [-0.1, -0.05) is 30.4 Å². The van der Waals surface area contributed by atoms with Gasteiger partial charge in [0.2, 0.25) is 0 Å². The van der Waals surface area contributed by atoms with E-state index < -0.39 is 23.7 Å². The molecule has 0 unspecified atom stereocenters. The molecule has 1 aromatic carbocycles. The van der Waals surface area contributed by atoms with Gasteiger partial charge < -0.3 is 0 Å². The van der Waals surface area contributed by atoms with E-state index >= 15 is 0 Å². The molecule has 0 aliphatic carbocycles. The van der Waals surface area contributed by atoms with E-state index in [1.165, 1.54) is 38.4 Å². The smallest absolute Gasteiger partial charge is 0.268 e. The third-order valence-electron chi connectivity index (χ3n) is 3.09. The minimum atomic E-state index is -0.680. The summed E-state index contributed by atoms with van der Waals surface area (Å²) in [5.41, 5.74) is 0.190. The molecule has 1 fully saturated rings. The van der Waals surface area contributed by atoms with Crippen LogP contribution in [0.1, 0.15) is 5.56 Å². The quantitative estimate of drug-likeness (QED) is 0.616. The number of likely N-dealkylation sites (N-methyl/N-ethyl adjacent to an activating group) is 2. The Hall–Kier alpha value is -2.76. The van der Waals surface area contributed by atoms with Gasteiger partial charge in [0.25, 0.3) is 11.8 Å². The molecule has 0 N–H and O–H groups in total. The molecule has 0 spiro atoms. The Morgan fingerprint density at radius 1 is 1.00 bits per heavy atom. The van der Waals surface area contributed by atoms with Crippen LogP contribution in [0.3, 0.4) is 0 Å². The molecule has 4 amide bonds. The van der Waals surface area contributed by atoms with Crippen LogP contribution in [-0.4, -0.2) is 41.7 Å². The number of barbiturate groups is 1. The molecule has 0 aromatic heterocycles. The van der Waals surface area contributed by atoms with E-state index in [1.807, 2.05) is 0 Å². The molecule has 0 saturated carbocycles. The zero-order valence-corrected chi connectivity index (χ0v) is 11.5. The fourth-order valence-electron chi connectivity index (χ4n) is 1.85. The molecule has 0 radical (unpaired) electrons. The lowest BCUT2D eigenvalue weighted by Crippen LogP contribution is -2.52. The Morgan fingerprint density at radius 3 is 2.14 bits per heavy atom. The van der Waals surface area contributed by atoms with Crippen LogP contribution in [0.5, 0.6) is 0 Å². The van der Waals surface area contributed by atoms with Crippen LogP contribution in [0.4, 0.5) is 9.18 Å². The van der Waals surface area contributed by atoms with Crippen molar-refractivity contribution in [3.63, 3.8) is 0 Å². The summed E-state index contributed by atoms with van der Waals surface area (Å²) in [4.78, 5) is 37.0.